The number of carbonyl (C=O) groups excluding carboxylic acids is 1. The minimum Gasteiger partial charge on any atom is -0.512 e. The number of benzene rings is 3. The van der Waals surface area contributed by atoms with Gasteiger partial charge in [0.05, 0.1) is 11.3 Å². The van der Waals surface area contributed by atoms with Crippen LogP contribution in [-0.2, 0) is 37.7 Å². The molecule has 1 aliphatic rings. The van der Waals surface area contributed by atoms with Crippen LogP contribution in [0.1, 0.15) is 120 Å². The third-order valence-corrected chi connectivity index (χ3v) is 11.1. The summed E-state index contributed by atoms with van der Waals surface area (Å²) in [7, 11) is 0. The van der Waals surface area contributed by atoms with Crippen LogP contribution in [-0.4, -0.2) is 15.9 Å². The molecule has 2 aromatic heterocycles. The van der Waals surface area contributed by atoms with Crippen molar-refractivity contribution < 1.29 is 39.2 Å². The molecule has 0 saturated carbocycles. The summed E-state index contributed by atoms with van der Waals surface area (Å²) in [6.07, 6.45) is 10.3. The van der Waals surface area contributed by atoms with Gasteiger partial charge in [-0.2, -0.15) is 0 Å². The van der Waals surface area contributed by atoms with Gasteiger partial charge in [0.1, 0.15) is 11.5 Å². The van der Waals surface area contributed by atoms with Crippen molar-refractivity contribution in [3.8, 4) is 22.8 Å². The van der Waals surface area contributed by atoms with Gasteiger partial charge in [-0.15, -0.1) is 6.07 Å². The van der Waals surface area contributed by atoms with Crippen LogP contribution in [0.2, 0.25) is 0 Å². The minimum absolute atomic E-state index is 0. The molecule has 281 valence electrons. The second kappa shape index (κ2) is 15.5. The van der Waals surface area contributed by atoms with Crippen LogP contribution in [0.5, 0.6) is 11.5 Å². The zero-order valence-electron chi connectivity index (χ0n) is 33.4. The van der Waals surface area contributed by atoms with Gasteiger partial charge in [0.15, 0.2) is 5.78 Å². The van der Waals surface area contributed by atoms with Gasteiger partial charge in [0.25, 0.3) is 0 Å². The number of aromatic nitrogens is 1. The molecule has 0 unspecified atom stereocenters. The smallest absolute Gasteiger partial charge is 0.164 e. The third kappa shape index (κ3) is 8.19. The molecule has 0 saturated heterocycles. The van der Waals surface area contributed by atoms with Crippen molar-refractivity contribution in [1.82, 2.24) is 4.98 Å². The third-order valence-electron chi connectivity index (χ3n) is 11.1. The van der Waals surface area contributed by atoms with Crippen LogP contribution >= 0.6 is 0 Å². The van der Waals surface area contributed by atoms with E-state index in [4.69, 9.17) is 14.1 Å². The molecule has 1 aliphatic heterocycles. The second-order valence-corrected chi connectivity index (χ2v) is 17.4. The summed E-state index contributed by atoms with van der Waals surface area (Å²) < 4.78 is 12.7. The summed E-state index contributed by atoms with van der Waals surface area (Å²) in [5, 5.41) is 15.8. The Morgan fingerprint density at radius 3 is 2.06 bits per heavy atom. The number of ether oxygens (including phenoxy) is 1. The van der Waals surface area contributed by atoms with Crippen molar-refractivity contribution in [2.75, 3.05) is 0 Å². The Morgan fingerprint density at radius 2 is 1.46 bits per heavy atom. The Morgan fingerprint density at radius 1 is 0.827 bits per heavy atom. The predicted molar refractivity (Wildman–Crippen MR) is 213 cm³/mol. The molecule has 0 aliphatic carbocycles. The Balaban J connectivity index is 0.000000289. The average molecular weight is 881 g/mol. The van der Waals surface area contributed by atoms with Crippen molar-refractivity contribution in [1.29, 1.82) is 0 Å². The van der Waals surface area contributed by atoms with E-state index in [0.29, 0.717) is 0 Å². The number of furan rings is 1. The van der Waals surface area contributed by atoms with E-state index in [2.05, 4.69) is 77.9 Å². The Bertz CT molecular complexity index is 2100. The molecule has 6 rings (SSSR count). The summed E-state index contributed by atoms with van der Waals surface area (Å²) in [4.78, 5) is 17.0. The van der Waals surface area contributed by atoms with Crippen molar-refractivity contribution in [3.63, 3.8) is 0 Å². The molecule has 5 aromatic rings. The number of rotatable bonds is 9. The molecule has 0 atom stereocenters. The van der Waals surface area contributed by atoms with Gasteiger partial charge in [-0.05, 0) is 88.8 Å². The molecular weight excluding hydrogens is 823 g/mol. The number of pyridine rings is 1. The monoisotopic (exact) mass is 881 g/mol. The van der Waals surface area contributed by atoms with E-state index in [1.807, 2.05) is 53.8 Å². The summed E-state index contributed by atoms with van der Waals surface area (Å²) in [5.74, 6) is 1.99. The first-order valence-corrected chi connectivity index (χ1v) is 18.8. The molecule has 5 nitrogen and oxygen atoms in total. The molecular formula is C46H58IrNO4-. The normalized spacial score (nSPS) is 13.3. The maximum atomic E-state index is 12.2. The first-order valence-electron chi connectivity index (χ1n) is 18.8. The van der Waals surface area contributed by atoms with Crippen LogP contribution in [0.4, 0.5) is 0 Å². The zero-order valence-corrected chi connectivity index (χ0v) is 35.8. The maximum absolute atomic E-state index is 12.2. The van der Waals surface area contributed by atoms with E-state index in [1.54, 1.807) is 6.26 Å². The SMILES string of the molecule is CC(C)(C)Cc1cccc2c1cc1c3c(nccc32)-c2[c-]c3ccoc3c(CC(C)(C)C)c2O1.CCC(C)(CC)C(=O)/C=C(\O)C(C)(CC)CC.[Ir]. The van der Waals surface area contributed by atoms with Crippen molar-refractivity contribution in [2.45, 2.75) is 122 Å². The van der Waals surface area contributed by atoms with E-state index in [1.165, 1.54) is 27.8 Å². The van der Waals surface area contributed by atoms with E-state index in [0.717, 1.165) is 83.2 Å². The van der Waals surface area contributed by atoms with Gasteiger partial charge in [-0.25, -0.2) is 0 Å². The van der Waals surface area contributed by atoms with Crippen LogP contribution in [0.25, 0.3) is 43.8 Å². The predicted octanol–water partition coefficient (Wildman–Crippen LogP) is 13.5. The number of nitrogens with zero attached hydrogens (tertiary/aromatic N) is 1. The van der Waals surface area contributed by atoms with Crippen LogP contribution < -0.4 is 4.74 Å². The average Bonchev–Trinajstić information content (AvgIpc) is 3.56. The van der Waals surface area contributed by atoms with Crippen molar-refractivity contribution in [3.05, 3.63) is 77.9 Å². The summed E-state index contributed by atoms with van der Waals surface area (Å²) in [5.41, 5.74) is 4.82. The standard InChI is InChI=1S/C31H30NO2.C15H28O2.Ir/c1-30(2,3)16-19-8-7-9-20-21-10-12-32-27-23-14-18-11-13-33-28(18)24(17-31(4,5)6)29(23)34-25(26(21)27)15-22(19)20;1-7-14(5,8-2)12(16)11-13(17)15(6,9-3)10-4;/h7-13,15H,16-17H2,1-6H3;11,16H,7-10H2,1-6H3;/q-1;;/b;12-11-;. The number of aliphatic hydroxyl groups is 1. The quantitative estimate of drug-likeness (QED) is 0.0678. The zero-order chi connectivity index (χ0) is 37.5. The molecule has 0 amide bonds. The first kappa shape index (κ1) is 41.3. The fourth-order valence-electron chi connectivity index (χ4n) is 7.00. The summed E-state index contributed by atoms with van der Waals surface area (Å²) >= 11 is 0. The molecule has 3 heterocycles. The fraction of sp³-hybridized carbons (Fsp3) is 0.478. The number of fused-ring (bicyclic) bond motifs is 5. The van der Waals surface area contributed by atoms with E-state index in [-0.39, 0.29) is 53.3 Å². The molecule has 6 heteroatoms. The maximum Gasteiger partial charge on any atom is 0.164 e. The van der Waals surface area contributed by atoms with Gasteiger partial charge in [-0.3, -0.25) is 9.78 Å². The Labute approximate surface area is 325 Å². The van der Waals surface area contributed by atoms with Gasteiger partial charge in [0, 0.05) is 60.6 Å². The van der Waals surface area contributed by atoms with Crippen LogP contribution in [0, 0.1) is 27.7 Å². The summed E-state index contributed by atoms with van der Waals surface area (Å²) in [6.45, 7) is 25.7. The molecule has 1 radical (unpaired) electrons. The van der Waals surface area contributed by atoms with Crippen LogP contribution in [0.3, 0.4) is 0 Å². The van der Waals surface area contributed by atoms with Crippen molar-refractivity contribution in [2.24, 2.45) is 21.7 Å². The minimum atomic E-state index is -0.337. The number of hydrogen-bond donors (Lipinski definition) is 1. The molecule has 52 heavy (non-hydrogen) atoms. The number of hydrogen-bond acceptors (Lipinski definition) is 5. The molecule has 1 N–H and O–H groups in total. The molecule has 0 bridgehead atoms. The Hall–Kier alpha value is -3.47. The number of carbonyl (C=O) groups is 1. The number of ketones is 1. The largest absolute Gasteiger partial charge is 0.512 e. The molecule has 0 fully saturated rings. The summed E-state index contributed by atoms with van der Waals surface area (Å²) in [6, 6.07) is 16.5. The van der Waals surface area contributed by atoms with E-state index < -0.39 is 0 Å². The van der Waals surface area contributed by atoms with Gasteiger partial charge in [-0.1, -0.05) is 118 Å². The number of aliphatic hydroxyl groups excluding tert-OH is 1. The van der Waals surface area contributed by atoms with Gasteiger partial charge in [0.2, 0.25) is 0 Å². The molecule has 0 spiro atoms. The topological polar surface area (TPSA) is 72.6 Å². The fourth-order valence-corrected chi connectivity index (χ4v) is 7.00. The van der Waals surface area contributed by atoms with Gasteiger partial charge >= 0.3 is 0 Å². The molecule has 3 aromatic carbocycles. The van der Waals surface area contributed by atoms with Crippen molar-refractivity contribution >= 4 is 38.3 Å². The van der Waals surface area contributed by atoms with Crippen LogP contribution in [0.15, 0.2) is 65.1 Å². The Kier molecular flexibility index (Phi) is 12.3. The van der Waals surface area contributed by atoms with E-state index in [9.17, 15) is 9.90 Å². The van der Waals surface area contributed by atoms with Gasteiger partial charge < -0.3 is 14.3 Å². The number of allylic oxidation sites excluding steroid dienone is 2. The second-order valence-electron chi connectivity index (χ2n) is 17.4. The van der Waals surface area contributed by atoms with E-state index >= 15 is 0 Å². The first-order chi connectivity index (χ1) is 23.9.